The molecule has 2 N–H and O–H groups in total. The summed E-state index contributed by atoms with van der Waals surface area (Å²) < 4.78 is 0. The number of pyridine rings is 1. The van der Waals surface area contributed by atoms with Crippen LogP contribution < -0.4 is 5.32 Å². The molecule has 1 heterocycles. The van der Waals surface area contributed by atoms with E-state index in [2.05, 4.69) is 10.3 Å². The van der Waals surface area contributed by atoms with Crippen molar-refractivity contribution in [2.45, 2.75) is 25.8 Å². The lowest BCUT2D eigenvalue weighted by Crippen LogP contribution is -2.34. The van der Waals surface area contributed by atoms with Gasteiger partial charge < -0.3 is 10.4 Å². The second kappa shape index (κ2) is 6.14. The second-order valence-electron chi connectivity index (χ2n) is 3.51. The van der Waals surface area contributed by atoms with Crippen LogP contribution >= 0.6 is 0 Å². The summed E-state index contributed by atoms with van der Waals surface area (Å²) in [5.41, 5.74) is 0.943. The van der Waals surface area contributed by atoms with Gasteiger partial charge in [-0.15, -0.1) is 0 Å². The first kappa shape index (κ1) is 11.7. The van der Waals surface area contributed by atoms with Crippen LogP contribution in [-0.4, -0.2) is 28.6 Å². The Morgan fingerprint density at radius 3 is 2.80 bits per heavy atom. The number of nitrogens with zero attached hydrogens (tertiary/aromatic N) is 1. The maximum absolute atomic E-state index is 11.5. The van der Waals surface area contributed by atoms with E-state index in [-0.39, 0.29) is 18.6 Å². The van der Waals surface area contributed by atoms with E-state index in [9.17, 15) is 4.79 Å². The molecule has 1 rings (SSSR count). The van der Waals surface area contributed by atoms with Gasteiger partial charge in [0.2, 0.25) is 5.91 Å². The lowest BCUT2D eigenvalue weighted by molar-refractivity contribution is -0.121. The highest BCUT2D eigenvalue weighted by Gasteiger charge is 2.07. The van der Waals surface area contributed by atoms with E-state index in [1.165, 1.54) is 0 Å². The molecular weight excluding hydrogens is 192 g/mol. The van der Waals surface area contributed by atoms with E-state index in [1.54, 1.807) is 12.4 Å². The van der Waals surface area contributed by atoms with Crippen molar-refractivity contribution < 1.29 is 9.90 Å². The number of hydrogen-bond acceptors (Lipinski definition) is 3. The molecule has 0 aromatic carbocycles. The maximum atomic E-state index is 11.5. The Bertz CT molecular complexity index is 301. The lowest BCUT2D eigenvalue weighted by atomic mass is 10.1. The predicted octanol–water partition coefficient (Wildman–Crippen LogP) is 0.511. The molecule has 0 spiro atoms. The highest BCUT2D eigenvalue weighted by Crippen LogP contribution is 1.98. The number of hydrogen-bond donors (Lipinski definition) is 2. The fourth-order valence-corrected chi connectivity index (χ4v) is 1.28. The Kier molecular flexibility index (Phi) is 4.77. The van der Waals surface area contributed by atoms with Crippen molar-refractivity contribution in [3.8, 4) is 0 Å². The average Bonchev–Trinajstić information content (AvgIpc) is 2.19. The van der Waals surface area contributed by atoms with Crippen LogP contribution in [0, 0.1) is 0 Å². The van der Waals surface area contributed by atoms with Gasteiger partial charge in [0.1, 0.15) is 0 Å². The fraction of sp³-hybridized carbons (Fsp3) is 0.455. The van der Waals surface area contributed by atoms with Gasteiger partial charge in [-0.1, -0.05) is 0 Å². The zero-order chi connectivity index (χ0) is 11.1. The summed E-state index contributed by atoms with van der Waals surface area (Å²) in [6.45, 7) is 1.97. The molecule has 0 saturated heterocycles. The molecule has 1 aromatic heterocycles. The summed E-state index contributed by atoms with van der Waals surface area (Å²) in [4.78, 5) is 15.4. The van der Waals surface area contributed by atoms with E-state index >= 15 is 0 Å². The molecule has 4 nitrogen and oxygen atoms in total. The van der Waals surface area contributed by atoms with Gasteiger partial charge in [0.25, 0.3) is 0 Å². The number of aliphatic hydroxyl groups is 1. The Labute approximate surface area is 89.3 Å². The van der Waals surface area contributed by atoms with Gasteiger partial charge >= 0.3 is 0 Å². The third kappa shape index (κ3) is 4.56. The Hall–Kier alpha value is -1.42. The molecule has 4 heteroatoms. The molecule has 1 amide bonds. The second-order valence-corrected chi connectivity index (χ2v) is 3.51. The lowest BCUT2D eigenvalue weighted by Gasteiger charge is -2.12. The van der Waals surface area contributed by atoms with Gasteiger partial charge in [-0.2, -0.15) is 0 Å². The van der Waals surface area contributed by atoms with Crippen molar-refractivity contribution in [1.82, 2.24) is 10.3 Å². The molecule has 0 bridgehead atoms. The topological polar surface area (TPSA) is 62.2 Å². The predicted molar refractivity (Wildman–Crippen MR) is 57.2 cm³/mol. The minimum Gasteiger partial charge on any atom is -0.396 e. The van der Waals surface area contributed by atoms with Crippen LogP contribution in [0.1, 0.15) is 18.9 Å². The number of carbonyl (C=O) groups excluding carboxylic acids is 1. The smallest absolute Gasteiger partial charge is 0.224 e. The van der Waals surface area contributed by atoms with E-state index in [0.717, 1.165) is 5.56 Å². The first-order valence-corrected chi connectivity index (χ1v) is 5.01. The van der Waals surface area contributed by atoms with Crippen LogP contribution in [-0.2, 0) is 11.2 Å². The van der Waals surface area contributed by atoms with Crippen LogP contribution in [0.5, 0.6) is 0 Å². The molecule has 82 valence electrons. The van der Waals surface area contributed by atoms with Gasteiger partial charge in [0.05, 0.1) is 6.42 Å². The Morgan fingerprint density at radius 2 is 2.20 bits per heavy atom. The van der Waals surface area contributed by atoms with E-state index in [4.69, 9.17) is 5.11 Å². The Morgan fingerprint density at radius 1 is 1.53 bits per heavy atom. The molecule has 0 radical (unpaired) electrons. The normalized spacial score (nSPS) is 12.1. The molecule has 0 aliphatic heterocycles. The van der Waals surface area contributed by atoms with Crippen molar-refractivity contribution in [2.24, 2.45) is 0 Å². The minimum atomic E-state index is -0.0258. The van der Waals surface area contributed by atoms with Gasteiger partial charge in [-0.25, -0.2) is 0 Å². The average molecular weight is 208 g/mol. The van der Waals surface area contributed by atoms with Crippen molar-refractivity contribution in [1.29, 1.82) is 0 Å². The summed E-state index contributed by atoms with van der Waals surface area (Å²) in [6.07, 6.45) is 4.28. The monoisotopic (exact) mass is 208 g/mol. The molecule has 1 atom stereocenters. The zero-order valence-electron chi connectivity index (χ0n) is 8.81. The summed E-state index contributed by atoms with van der Waals surface area (Å²) >= 11 is 0. The van der Waals surface area contributed by atoms with Crippen molar-refractivity contribution in [3.63, 3.8) is 0 Å². The van der Waals surface area contributed by atoms with Crippen molar-refractivity contribution in [2.75, 3.05) is 6.61 Å². The third-order valence-electron chi connectivity index (χ3n) is 2.08. The maximum Gasteiger partial charge on any atom is 0.224 e. The van der Waals surface area contributed by atoms with Gasteiger partial charge in [0, 0.05) is 25.0 Å². The standard InChI is InChI=1S/C11H16N2O2/c1-9(4-7-14)13-11(15)8-10-2-5-12-6-3-10/h2-3,5-6,9,14H,4,7-8H2,1H3,(H,13,15). The first-order chi connectivity index (χ1) is 7.22. The number of nitrogens with one attached hydrogen (secondary N) is 1. The first-order valence-electron chi connectivity index (χ1n) is 5.01. The van der Waals surface area contributed by atoms with Crippen LogP contribution in [0.3, 0.4) is 0 Å². The summed E-state index contributed by atoms with van der Waals surface area (Å²) in [5, 5.41) is 11.5. The van der Waals surface area contributed by atoms with E-state index in [1.807, 2.05) is 19.1 Å². The van der Waals surface area contributed by atoms with Crippen LogP contribution in [0.25, 0.3) is 0 Å². The van der Waals surface area contributed by atoms with Gasteiger partial charge in [-0.05, 0) is 31.0 Å². The quantitative estimate of drug-likeness (QED) is 0.741. The van der Waals surface area contributed by atoms with Crippen molar-refractivity contribution >= 4 is 5.91 Å². The minimum absolute atomic E-state index is 0.0179. The van der Waals surface area contributed by atoms with E-state index in [0.29, 0.717) is 12.8 Å². The number of rotatable bonds is 5. The third-order valence-corrected chi connectivity index (χ3v) is 2.08. The fourth-order valence-electron chi connectivity index (χ4n) is 1.28. The highest BCUT2D eigenvalue weighted by molar-refractivity contribution is 5.78. The molecule has 0 fully saturated rings. The molecule has 0 aliphatic rings. The Balaban J connectivity index is 2.36. The van der Waals surface area contributed by atoms with Crippen LogP contribution in [0.4, 0.5) is 0 Å². The summed E-state index contributed by atoms with van der Waals surface area (Å²) in [7, 11) is 0. The SMILES string of the molecule is CC(CCO)NC(=O)Cc1ccncc1. The van der Waals surface area contributed by atoms with E-state index < -0.39 is 0 Å². The molecule has 1 unspecified atom stereocenters. The largest absolute Gasteiger partial charge is 0.396 e. The van der Waals surface area contributed by atoms with Crippen LogP contribution in [0.2, 0.25) is 0 Å². The summed E-state index contributed by atoms with van der Waals surface area (Å²) in [5.74, 6) is -0.0258. The molecule has 15 heavy (non-hydrogen) atoms. The molecular formula is C11H16N2O2. The highest BCUT2D eigenvalue weighted by atomic mass is 16.3. The van der Waals surface area contributed by atoms with Gasteiger partial charge in [0.15, 0.2) is 0 Å². The number of aromatic nitrogens is 1. The molecule has 1 aromatic rings. The van der Waals surface area contributed by atoms with Gasteiger partial charge in [-0.3, -0.25) is 9.78 Å². The number of aliphatic hydroxyl groups excluding tert-OH is 1. The van der Waals surface area contributed by atoms with Crippen LogP contribution in [0.15, 0.2) is 24.5 Å². The molecule has 0 saturated carbocycles. The molecule has 0 aliphatic carbocycles. The zero-order valence-corrected chi connectivity index (χ0v) is 8.81. The summed E-state index contributed by atoms with van der Waals surface area (Å²) in [6, 6.07) is 3.65. The number of carbonyl (C=O) groups is 1. The number of amides is 1. The van der Waals surface area contributed by atoms with Crippen molar-refractivity contribution in [3.05, 3.63) is 30.1 Å².